The standard InChI is InChI=1S/C19H20N2O2S/c1-3-17(22)20-15-9-7-14(8-10-15)19-21(18(23)12-24-19)16-6-4-5-13(2)11-16/h4-11,19H,3,12H2,1-2H3,(H,20,22)/t19-/m0/s1. The van der Waals surface area contributed by atoms with Gasteiger partial charge in [0.25, 0.3) is 0 Å². The average Bonchev–Trinajstić information content (AvgIpc) is 2.97. The molecule has 1 saturated heterocycles. The zero-order valence-corrected chi connectivity index (χ0v) is 14.6. The van der Waals surface area contributed by atoms with Crippen molar-refractivity contribution >= 4 is 35.0 Å². The molecule has 1 heterocycles. The highest BCUT2D eigenvalue weighted by Gasteiger charge is 2.33. The van der Waals surface area contributed by atoms with E-state index in [0.29, 0.717) is 12.2 Å². The van der Waals surface area contributed by atoms with Crippen molar-refractivity contribution in [3.8, 4) is 0 Å². The lowest BCUT2D eigenvalue weighted by molar-refractivity contribution is -0.116. The Labute approximate surface area is 146 Å². The van der Waals surface area contributed by atoms with E-state index >= 15 is 0 Å². The summed E-state index contributed by atoms with van der Waals surface area (Å²) in [5.74, 6) is 0.598. The molecular weight excluding hydrogens is 320 g/mol. The lowest BCUT2D eigenvalue weighted by atomic mass is 10.1. The normalized spacial score (nSPS) is 17.2. The Hall–Kier alpha value is -2.27. The van der Waals surface area contributed by atoms with Gasteiger partial charge in [-0.3, -0.25) is 14.5 Å². The van der Waals surface area contributed by atoms with Gasteiger partial charge in [-0.2, -0.15) is 0 Å². The fraction of sp³-hybridized carbons (Fsp3) is 0.263. The van der Waals surface area contributed by atoms with Gasteiger partial charge in [0, 0.05) is 17.8 Å². The third kappa shape index (κ3) is 3.46. The molecule has 0 unspecified atom stereocenters. The van der Waals surface area contributed by atoms with Crippen LogP contribution in [0.4, 0.5) is 11.4 Å². The summed E-state index contributed by atoms with van der Waals surface area (Å²) in [7, 11) is 0. The molecule has 1 N–H and O–H groups in total. The monoisotopic (exact) mass is 340 g/mol. The van der Waals surface area contributed by atoms with Crippen molar-refractivity contribution in [1.29, 1.82) is 0 Å². The van der Waals surface area contributed by atoms with Crippen molar-refractivity contribution in [2.45, 2.75) is 25.6 Å². The van der Waals surface area contributed by atoms with Crippen molar-refractivity contribution in [3.05, 3.63) is 59.7 Å². The van der Waals surface area contributed by atoms with E-state index in [1.807, 2.05) is 67.3 Å². The van der Waals surface area contributed by atoms with Gasteiger partial charge in [0.2, 0.25) is 11.8 Å². The molecule has 0 bridgehead atoms. The van der Waals surface area contributed by atoms with E-state index in [9.17, 15) is 9.59 Å². The van der Waals surface area contributed by atoms with Gasteiger partial charge in [-0.15, -0.1) is 11.8 Å². The highest BCUT2D eigenvalue weighted by Crippen LogP contribution is 2.42. The summed E-state index contributed by atoms with van der Waals surface area (Å²) < 4.78 is 0. The third-order valence-corrected chi connectivity index (χ3v) is 5.16. The Morgan fingerprint density at radius 2 is 2.00 bits per heavy atom. The van der Waals surface area contributed by atoms with Crippen LogP contribution in [0.2, 0.25) is 0 Å². The molecule has 0 saturated carbocycles. The number of hydrogen-bond donors (Lipinski definition) is 1. The van der Waals surface area contributed by atoms with Crippen molar-refractivity contribution in [2.24, 2.45) is 0 Å². The summed E-state index contributed by atoms with van der Waals surface area (Å²) in [5, 5.41) is 2.81. The fourth-order valence-electron chi connectivity index (χ4n) is 2.71. The first-order chi connectivity index (χ1) is 11.6. The molecule has 1 atom stereocenters. The van der Waals surface area contributed by atoms with Gasteiger partial charge in [-0.25, -0.2) is 0 Å². The van der Waals surface area contributed by atoms with Crippen LogP contribution in [-0.4, -0.2) is 17.6 Å². The zero-order valence-electron chi connectivity index (χ0n) is 13.8. The van der Waals surface area contributed by atoms with Crippen LogP contribution in [0.1, 0.15) is 29.8 Å². The first-order valence-corrected chi connectivity index (χ1v) is 9.03. The zero-order chi connectivity index (χ0) is 17.1. The van der Waals surface area contributed by atoms with Crippen LogP contribution in [0, 0.1) is 6.92 Å². The smallest absolute Gasteiger partial charge is 0.238 e. The van der Waals surface area contributed by atoms with Crippen LogP contribution in [0.25, 0.3) is 0 Å². The number of nitrogens with zero attached hydrogens (tertiary/aromatic N) is 1. The Bertz CT molecular complexity index is 758. The van der Waals surface area contributed by atoms with Gasteiger partial charge in [0.05, 0.1) is 5.75 Å². The van der Waals surface area contributed by atoms with Crippen molar-refractivity contribution < 1.29 is 9.59 Å². The number of amides is 2. The second-order valence-corrected chi connectivity index (χ2v) is 6.86. The molecule has 4 nitrogen and oxygen atoms in total. The summed E-state index contributed by atoms with van der Waals surface area (Å²) in [4.78, 5) is 25.7. The van der Waals surface area contributed by atoms with Crippen molar-refractivity contribution in [1.82, 2.24) is 0 Å². The summed E-state index contributed by atoms with van der Waals surface area (Å²) in [6.07, 6.45) is 0.454. The third-order valence-electron chi connectivity index (χ3n) is 3.95. The number of carbonyl (C=O) groups is 2. The molecule has 1 aliphatic rings. The second-order valence-electron chi connectivity index (χ2n) is 5.79. The largest absolute Gasteiger partial charge is 0.326 e. The SMILES string of the molecule is CCC(=O)Nc1ccc([C@@H]2SCC(=O)N2c2cccc(C)c2)cc1. The van der Waals surface area contributed by atoms with Crippen LogP contribution in [0.15, 0.2) is 48.5 Å². The summed E-state index contributed by atoms with van der Waals surface area (Å²) in [5.41, 5.74) is 3.90. The molecule has 2 aromatic carbocycles. The Morgan fingerprint density at radius 3 is 2.67 bits per heavy atom. The van der Waals surface area contributed by atoms with Crippen molar-refractivity contribution in [3.63, 3.8) is 0 Å². The van der Waals surface area contributed by atoms with E-state index < -0.39 is 0 Å². The van der Waals surface area contributed by atoms with Gasteiger partial charge in [0.15, 0.2) is 0 Å². The molecule has 1 aliphatic heterocycles. The van der Waals surface area contributed by atoms with Crippen molar-refractivity contribution in [2.75, 3.05) is 16.0 Å². The molecule has 0 aromatic heterocycles. The highest BCUT2D eigenvalue weighted by molar-refractivity contribution is 8.00. The predicted octanol–water partition coefficient (Wildman–Crippen LogP) is 4.12. The predicted molar refractivity (Wildman–Crippen MR) is 99.2 cm³/mol. The first-order valence-electron chi connectivity index (χ1n) is 7.98. The quantitative estimate of drug-likeness (QED) is 0.911. The van der Waals surface area contributed by atoms with Gasteiger partial charge in [-0.05, 0) is 42.3 Å². The molecule has 24 heavy (non-hydrogen) atoms. The highest BCUT2D eigenvalue weighted by atomic mass is 32.2. The van der Waals surface area contributed by atoms with E-state index in [4.69, 9.17) is 0 Å². The minimum Gasteiger partial charge on any atom is -0.326 e. The summed E-state index contributed by atoms with van der Waals surface area (Å²) in [6.45, 7) is 3.85. The molecule has 124 valence electrons. The Balaban J connectivity index is 1.85. The molecule has 5 heteroatoms. The number of nitrogens with one attached hydrogen (secondary N) is 1. The maximum Gasteiger partial charge on any atom is 0.238 e. The van der Waals surface area contributed by atoms with Gasteiger partial charge in [0.1, 0.15) is 5.37 Å². The summed E-state index contributed by atoms with van der Waals surface area (Å²) >= 11 is 1.63. The van der Waals surface area contributed by atoms with Crippen LogP contribution in [0.5, 0.6) is 0 Å². The van der Waals surface area contributed by atoms with Crippen LogP contribution in [-0.2, 0) is 9.59 Å². The lowest BCUT2D eigenvalue weighted by Crippen LogP contribution is -2.27. The number of hydrogen-bond acceptors (Lipinski definition) is 3. The number of carbonyl (C=O) groups excluding carboxylic acids is 2. The molecule has 0 aliphatic carbocycles. The first kappa shape index (κ1) is 16.6. The minimum absolute atomic E-state index is 0.00504. The molecule has 0 spiro atoms. The molecule has 2 amide bonds. The van der Waals surface area contributed by atoms with Gasteiger partial charge < -0.3 is 5.32 Å². The molecular formula is C19H20N2O2S. The van der Waals surface area contributed by atoms with E-state index in [1.165, 1.54) is 0 Å². The van der Waals surface area contributed by atoms with Crippen LogP contribution < -0.4 is 10.2 Å². The van der Waals surface area contributed by atoms with Crippen LogP contribution in [0.3, 0.4) is 0 Å². The number of rotatable bonds is 4. The molecule has 2 aromatic rings. The summed E-state index contributed by atoms with van der Waals surface area (Å²) in [6, 6.07) is 15.7. The maximum atomic E-state index is 12.4. The number of thioether (sulfide) groups is 1. The Morgan fingerprint density at radius 1 is 1.25 bits per heavy atom. The fourth-order valence-corrected chi connectivity index (χ4v) is 3.89. The topological polar surface area (TPSA) is 49.4 Å². The number of anilines is 2. The van der Waals surface area contributed by atoms with E-state index in [2.05, 4.69) is 5.32 Å². The number of aryl methyl sites for hydroxylation is 1. The maximum absolute atomic E-state index is 12.4. The molecule has 0 radical (unpaired) electrons. The van der Waals surface area contributed by atoms with Gasteiger partial charge in [-0.1, -0.05) is 31.2 Å². The van der Waals surface area contributed by atoms with E-state index in [-0.39, 0.29) is 17.2 Å². The van der Waals surface area contributed by atoms with Crippen LogP contribution >= 0.6 is 11.8 Å². The molecule has 3 rings (SSSR count). The average molecular weight is 340 g/mol. The Kier molecular flexibility index (Phi) is 4.90. The number of benzene rings is 2. The molecule has 1 fully saturated rings. The lowest BCUT2D eigenvalue weighted by Gasteiger charge is -2.25. The second kappa shape index (κ2) is 7.09. The van der Waals surface area contributed by atoms with E-state index in [0.717, 1.165) is 22.5 Å². The minimum atomic E-state index is -0.0322. The van der Waals surface area contributed by atoms with Gasteiger partial charge >= 0.3 is 0 Å². The van der Waals surface area contributed by atoms with E-state index in [1.54, 1.807) is 11.8 Å².